The molecule has 0 unspecified atom stereocenters. The first-order valence-electron chi connectivity index (χ1n) is 4.64. The van der Waals surface area contributed by atoms with Crippen LogP contribution in [0.3, 0.4) is 0 Å². The lowest BCUT2D eigenvalue weighted by Gasteiger charge is -2.13. The lowest BCUT2D eigenvalue weighted by atomic mass is 10.1. The Labute approximate surface area is 95.2 Å². The molecule has 0 bridgehead atoms. The fraction of sp³-hybridized carbons (Fsp3) is 0.364. The molecule has 0 saturated carbocycles. The fourth-order valence-corrected chi connectivity index (χ4v) is 1.59. The molecule has 0 fully saturated rings. The Morgan fingerprint density at radius 3 is 2.67 bits per heavy atom. The number of nitrogens with one attached hydrogen (secondary N) is 1. The molecule has 1 rings (SSSR count). The lowest BCUT2D eigenvalue weighted by Crippen LogP contribution is -2.13. The molecule has 0 aliphatic carbocycles. The summed E-state index contributed by atoms with van der Waals surface area (Å²) in [5.41, 5.74) is 2.80. The van der Waals surface area contributed by atoms with Crippen LogP contribution in [-0.4, -0.2) is 18.8 Å². The van der Waals surface area contributed by atoms with Gasteiger partial charge in [-0.15, -0.1) is 0 Å². The van der Waals surface area contributed by atoms with E-state index in [-0.39, 0.29) is 11.7 Å². The van der Waals surface area contributed by atoms with Gasteiger partial charge in [0.2, 0.25) is 5.91 Å². The van der Waals surface area contributed by atoms with Gasteiger partial charge in [0.05, 0.1) is 18.6 Å². The second-order valence-electron chi connectivity index (χ2n) is 3.37. The van der Waals surface area contributed by atoms with Crippen LogP contribution < -0.4 is 10.1 Å². The molecular formula is C11H15NO2S. The highest BCUT2D eigenvalue weighted by Crippen LogP contribution is 2.29. The number of thiol groups is 1. The minimum atomic E-state index is -0.137. The summed E-state index contributed by atoms with van der Waals surface area (Å²) in [7, 11) is 1.59. The van der Waals surface area contributed by atoms with E-state index < -0.39 is 0 Å². The van der Waals surface area contributed by atoms with Crippen LogP contribution in [-0.2, 0) is 4.79 Å². The van der Waals surface area contributed by atoms with E-state index in [1.807, 2.05) is 26.0 Å². The Hall–Kier alpha value is -1.16. The van der Waals surface area contributed by atoms with E-state index in [2.05, 4.69) is 17.9 Å². The molecule has 3 nitrogen and oxygen atoms in total. The average molecular weight is 225 g/mol. The first kappa shape index (κ1) is 11.9. The molecule has 0 aliphatic heterocycles. The number of aryl methyl sites for hydroxylation is 2. The number of anilines is 1. The van der Waals surface area contributed by atoms with E-state index in [1.165, 1.54) is 0 Å². The van der Waals surface area contributed by atoms with E-state index in [0.717, 1.165) is 11.1 Å². The topological polar surface area (TPSA) is 38.3 Å². The minimum Gasteiger partial charge on any atom is -0.494 e. The van der Waals surface area contributed by atoms with Gasteiger partial charge in [-0.2, -0.15) is 12.6 Å². The number of carbonyl (C=O) groups is 1. The Kier molecular flexibility index (Phi) is 4.03. The van der Waals surface area contributed by atoms with Crippen molar-refractivity contribution in [1.82, 2.24) is 0 Å². The van der Waals surface area contributed by atoms with Gasteiger partial charge in [-0.1, -0.05) is 6.07 Å². The first-order valence-corrected chi connectivity index (χ1v) is 5.27. The molecule has 0 spiro atoms. The van der Waals surface area contributed by atoms with E-state index >= 15 is 0 Å². The van der Waals surface area contributed by atoms with Crippen molar-refractivity contribution in [1.29, 1.82) is 0 Å². The van der Waals surface area contributed by atoms with Crippen LogP contribution in [0.15, 0.2) is 12.1 Å². The van der Waals surface area contributed by atoms with Crippen molar-refractivity contribution in [3.05, 3.63) is 23.3 Å². The van der Waals surface area contributed by atoms with Crippen LogP contribution in [0.1, 0.15) is 11.1 Å². The smallest absolute Gasteiger partial charge is 0.234 e. The Bertz CT molecular complexity index is 377. The molecule has 0 heterocycles. The van der Waals surface area contributed by atoms with Crippen molar-refractivity contribution in [2.24, 2.45) is 0 Å². The molecule has 1 amide bonds. The first-order chi connectivity index (χ1) is 7.08. The second kappa shape index (κ2) is 5.07. The van der Waals surface area contributed by atoms with Crippen LogP contribution in [0.2, 0.25) is 0 Å². The summed E-state index contributed by atoms with van der Waals surface area (Å²) < 4.78 is 5.24. The third-order valence-corrected chi connectivity index (χ3v) is 2.33. The predicted molar refractivity (Wildman–Crippen MR) is 65.0 cm³/mol. The largest absolute Gasteiger partial charge is 0.494 e. The highest BCUT2D eigenvalue weighted by atomic mass is 32.1. The molecule has 82 valence electrons. The maximum Gasteiger partial charge on any atom is 0.234 e. The third kappa shape index (κ3) is 2.89. The molecule has 0 radical (unpaired) electrons. The molecule has 0 saturated heterocycles. The van der Waals surface area contributed by atoms with E-state index in [0.29, 0.717) is 11.4 Å². The zero-order valence-corrected chi connectivity index (χ0v) is 10.0. The second-order valence-corrected chi connectivity index (χ2v) is 3.69. The number of ether oxygens (including phenoxy) is 1. The normalized spacial score (nSPS) is 9.87. The van der Waals surface area contributed by atoms with E-state index in [1.54, 1.807) is 7.11 Å². The predicted octanol–water partition coefficient (Wildman–Crippen LogP) is 2.18. The Balaban J connectivity index is 3.09. The molecule has 0 atom stereocenters. The molecule has 4 heteroatoms. The van der Waals surface area contributed by atoms with Gasteiger partial charge in [-0.25, -0.2) is 0 Å². The van der Waals surface area contributed by atoms with Gasteiger partial charge in [0.25, 0.3) is 0 Å². The van der Waals surface area contributed by atoms with Gasteiger partial charge in [0.1, 0.15) is 5.75 Å². The molecule has 15 heavy (non-hydrogen) atoms. The molecule has 0 aromatic heterocycles. The summed E-state index contributed by atoms with van der Waals surface area (Å²) in [6.45, 7) is 3.92. The molecule has 1 N–H and O–H groups in total. The van der Waals surface area contributed by atoms with Crippen molar-refractivity contribution in [3.63, 3.8) is 0 Å². The minimum absolute atomic E-state index is 0.137. The number of hydrogen-bond donors (Lipinski definition) is 2. The summed E-state index contributed by atoms with van der Waals surface area (Å²) in [6, 6.07) is 3.89. The monoisotopic (exact) mass is 225 g/mol. The fourth-order valence-electron chi connectivity index (χ4n) is 1.51. The highest BCUT2D eigenvalue weighted by molar-refractivity contribution is 7.81. The van der Waals surface area contributed by atoms with Gasteiger partial charge in [0.15, 0.2) is 0 Å². The summed E-state index contributed by atoms with van der Waals surface area (Å²) in [4.78, 5) is 11.2. The van der Waals surface area contributed by atoms with E-state index in [4.69, 9.17) is 4.74 Å². The van der Waals surface area contributed by atoms with Gasteiger partial charge in [0, 0.05) is 0 Å². The summed E-state index contributed by atoms with van der Waals surface area (Å²) in [5.74, 6) is 0.730. The standard InChI is InChI=1S/C11H15NO2S/c1-7-4-8(2)11(14-3)9(5-7)12-10(13)6-15/h4-5,15H,6H2,1-3H3,(H,12,13). The average Bonchev–Trinajstić information content (AvgIpc) is 2.17. The van der Waals surface area contributed by atoms with Crippen LogP contribution in [0, 0.1) is 13.8 Å². The molecule has 1 aromatic carbocycles. The molecule has 1 aromatic rings. The quantitative estimate of drug-likeness (QED) is 0.774. The summed E-state index contributed by atoms with van der Waals surface area (Å²) in [6.07, 6.45) is 0. The van der Waals surface area contributed by atoms with Gasteiger partial charge in [-0.05, 0) is 31.0 Å². The van der Waals surface area contributed by atoms with Gasteiger partial charge >= 0.3 is 0 Å². The van der Waals surface area contributed by atoms with Crippen molar-refractivity contribution in [2.75, 3.05) is 18.2 Å². The van der Waals surface area contributed by atoms with Crippen LogP contribution in [0.5, 0.6) is 5.75 Å². The van der Waals surface area contributed by atoms with Crippen molar-refractivity contribution < 1.29 is 9.53 Å². The third-order valence-electron chi connectivity index (χ3n) is 2.04. The van der Waals surface area contributed by atoms with Crippen LogP contribution in [0.4, 0.5) is 5.69 Å². The molecule has 0 aliphatic rings. The number of benzene rings is 1. The number of amides is 1. The van der Waals surface area contributed by atoms with Crippen molar-refractivity contribution in [3.8, 4) is 5.75 Å². The lowest BCUT2D eigenvalue weighted by molar-refractivity contribution is -0.113. The van der Waals surface area contributed by atoms with Gasteiger partial charge in [-0.3, -0.25) is 4.79 Å². The number of carbonyl (C=O) groups excluding carboxylic acids is 1. The van der Waals surface area contributed by atoms with Crippen molar-refractivity contribution >= 4 is 24.2 Å². The summed E-state index contributed by atoms with van der Waals surface area (Å²) >= 11 is 3.91. The zero-order valence-electron chi connectivity index (χ0n) is 9.13. The maximum atomic E-state index is 11.2. The van der Waals surface area contributed by atoms with E-state index in [9.17, 15) is 4.79 Å². The Morgan fingerprint density at radius 2 is 2.13 bits per heavy atom. The SMILES string of the molecule is COc1c(C)cc(C)cc1NC(=O)CS. The zero-order chi connectivity index (χ0) is 11.4. The maximum absolute atomic E-state index is 11.2. The number of rotatable bonds is 3. The number of hydrogen-bond acceptors (Lipinski definition) is 3. The summed E-state index contributed by atoms with van der Waals surface area (Å²) in [5, 5.41) is 2.75. The van der Waals surface area contributed by atoms with Gasteiger partial charge < -0.3 is 10.1 Å². The van der Waals surface area contributed by atoms with Crippen LogP contribution in [0.25, 0.3) is 0 Å². The highest BCUT2D eigenvalue weighted by Gasteiger charge is 2.09. The van der Waals surface area contributed by atoms with Crippen LogP contribution >= 0.6 is 12.6 Å². The van der Waals surface area contributed by atoms with Crippen molar-refractivity contribution in [2.45, 2.75) is 13.8 Å². The Morgan fingerprint density at radius 1 is 1.47 bits per heavy atom. The number of methoxy groups -OCH3 is 1. The molecular weight excluding hydrogens is 210 g/mol.